The van der Waals surface area contributed by atoms with Crippen LogP contribution in [0.2, 0.25) is 5.02 Å². The van der Waals surface area contributed by atoms with Crippen LogP contribution in [0.1, 0.15) is 6.92 Å². The van der Waals surface area contributed by atoms with E-state index in [1.54, 1.807) is 43.3 Å². The Kier molecular flexibility index (Phi) is 5.73. The Morgan fingerprint density at radius 3 is 2.35 bits per heavy atom. The lowest BCUT2D eigenvalue weighted by Gasteiger charge is -2.29. The van der Waals surface area contributed by atoms with Crippen molar-refractivity contribution in [3.8, 4) is 0 Å². The SMILES string of the molecule is CC(C(=O)Nc1ccccc1)N(C(=O)CN)c1ccccc1Cl. The minimum atomic E-state index is -0.758. The smallest absolute Gasteiger partial charge is 0.247 e. The van der Waals surface area contributed by atoms with E-state index in [9.17, 15) is 9.59 Å². The minimum absolute atomic E-state index is 0.214. The number of hydrogen-bond acceptors (Lipinski definition) is 3. The van der Waals surface area contributed by atoms with Crippen molar-refractivity contribution in [1.29, 1.82) is 0 Å². The molecule has 0 heterocycles. The molecule has 1 atom stereocenters. The van der Waals surface area contributed by atoms with Crippen molar-refractivity contribution in [3.63, 3.8) is 0 Å². The molecule has 0 aliphatic rings. The molecule has 6 heteroatoms. The van der Waals surface area contributed by atoms with Crippen molar-refractivity contribution in [2.24, 2.45) is 5.73 Å². The maximum Gasteiger partial charge on any atom is 0.247 e. The maximum absolute atomic E-state index is 12.5. The number of para-hydroxylation sites is 2. The van der Waals surface area contributed by atoms with Gasteiger partial charge in [0.25, 0.3) is 0 Å². The summed E-state index contributed by atoms with van der Waals surface area (Å²) in [6, 6.07) is 15.1. The topological polar surface area (TPSA) is 75.4 Å². The van der Waals surface area contributed by atoms with E-state index in [0.717, 1.165) is 0 Å². The van der Waals surface area contributed by atoms with Gasteiger partial charge in [0.15, 0.2) is 0 Å². The van der Waals surface area contributed by atoms with E-state index in [1.165, 1.54) is 4.90 Å². The molecule has 2 aromatic rings. The summed E-state index contributed by atoms with van der Waals surface area (Å²) in [5, 5.41) is 3.16. The zero-order valence-corrected chi connectivity index (χ0v) is 13.5. The Hall–Kier alpha value is -2.37. The Balaban J connectivity index is 2.27. The third-order valence-corrected chi connectivity index (χ3v) is 3.68. The van der Waals surface area contributed by atoms with Crippen molar-refractivity contribution in [3.05, 3.63) is 59.6 Å². The van der Waals surface area contributed by atoms with E-state index >= 15 is 0 Å². The summed E-state index contributed by atoms with van der Waals surface area (Å²) in [5.74, 6) is -0.702. The van der Waals surface area contributed by atoms with Gasteiger partial charge in [-0.05, 0) is 31.2 Å². The number of carbonyl (C=O) groups is 2. The Morgan fingerprint density at radius 2 is 1.74 bits per heavy atom. The number of anilines is 2. The van der Waals surface area contributed by atoms with E-state index < -0.39 is 6.04 Å². The van der Waals surface area contributed by atoms with Crippen molar-refractivity contribution in [1.82, 2.24) is 0 Å². The summed E-state index contributed by atoms with van der Waals surface area (Å²) in [7, 11) is 0. The third kappa shape index (κ3) is 4.09. The lowest BCUT2D eigenvalue weighted by atomic mass is 10.2. The van der Waals surface area contributed by atoms with Gasteiger partial charge >= 0.3 is 0 Å². The number of hydrogen-bond donors (Lipinski definition) is 2. The predicted octanol–water partition coefficient (Wildman–Crippen LogP) is 2.66. The Labute approximate surface area is 140 Å². The molecule has 3 N–H and O–H groups in total. The van der Waals surface area contributed by atoms with E-state index in [-0.39, 0.29) is 18.4 Å². The molecule has 0 aromatic heterocycles. The van der Waals surface area contributed by atoms with Crippen LogP contribution < -0.4 is 16.0 Å². The molecule has 0 saturated carbocycles. The fraction of sp³-hybridized carbons (Fsp3) is 0.176. The highest BCUT2D eigenvalue weighted by Crippen LogP contribution is 2.27. The van der Waals surface area contributed by atoms with Gasteiger partial charge in [-0.1, -0.05) is 41.9 Å². The molecule has 2 aromatic carbocycles. The molecule has 2 amide bonds. The van der Waals surface area contributed by atoms with Gasteiger partial charge < -0.3 is 11.1 Å². The number of rotatable bonds is 5. The normalized spacial score (nSPS) is 11.6. The van der Waals surface area contributed by atoms with Crippen LogP contribution in [0.25, 0.3) is 0 Å². The van der Waals surface area contributed by atoms with Gasteiger partial charge in [0.05, 0.1) is 17.3 Å². The fourth-order valence-electron chi connectivity index (χ4n) is 2.19. The van der Waals surface area contributed by atoms with E-state index in [0.29, 0.717) is 16.4 Å². The first-order valence-corrected chi connectivity index (χ1v) is 7.55. The molecule has 120 valence electrons. The van der Waals surface area contributed by atoms with Gasteiger partial charge in [-0.25, -0.2) is 0 Å². The number of nitrogens with one attached hydrogen (secondary N) is 1. The first-order chi connectivity index (χ1) is 11.0. The molecule has 0 spiro atoms. The molecule has 0 aliphatic carbocycles. The molecule has 2 rings (SSSR count). The van der Waals surface area contributed by atoms with Crippen LogP contribution in [0.4, 0.5) is 11.4 Å². The molecule has 1 unspecified atom stereocenters. The van der Waals surface area contributed by atoms with Gasteiger partial charge in [-0.15, -0.1) is 0 Å². The van der Waals surface area contributed by atoms with E-state index in [1.807, 2.05) is 18.2 Å². The summed E-state index contributed by atoms with van der Waals surface area (Å²) >= 11 is 6.16. The average Bonchev–Trinajstić information content (AvgIpc) is 2.57. The van der Waals surface area contributed by atoms with Crippen LogP contribution in [0.5, 0.6) is 0 Å². The van der Waals surface area contributed by atoms with Crippen molar-refractivity contribution in [2.75, 3.05) is 16.8 Å². The molecule has 0 aliphatic heterocycles. The number of nitrogens with two attached hydrogens (primary N) is 1. The predicted molar refractivity (Wildman–Crippen MR) is 92.5 cm³/mol. The first kappa shape index (κ1) is 17.0. The summed E-state index contributed by atoms with van der Waals surface area (Å²) in [6.07, 6.45) is 0. The number of carbonyl (C=O) groups excluding carboxylic acids is 2. The quantitative estimate of drug-likeness (QED) is 0.884. The average molecular weight is 332 g/mol. The number of amides is 2. The minimum Gasteiger partial charge on any atom is -0.324 e. The van der Waals surface area contributed by atoms with Crippen LogP contribution in [-0.4, -0.2) is 24.4 Å². The molecule has 0 saturated heterocycles. The summed E-state index contributed by atoms with van der Waals surface area (Å²) in [6.45, 7) is 1.42. The lowest BCUT2D eigenvalue weighted by Crippen LogP contribution is -2.48. The van der Waals surface area contributed by atoms with Crippen molar-refractivity contribution in [2.45, 2.75) is 13.0 Å². The number of benzene rings is 2. The summed E-state index contributed by atoms with van der Waals surface area (Å²) in [4.78, 5) is 26.0. The van der Waals surface area contributed by atoms with E-state index in [2.05, 4.69) is 5.32 Å². The van der Waals surface area contributed by atoms with Crippen molar-refractivity contribution < 1.29 is 9.59 Å². The van der Waals surface area contributed by atoms with Crippen LogP contribution in [0, 0.1) is 0 Å². The molecule has 0 radical (unpaired) electrons. The third-order valence-electron chi connectivity index (χ3n) is 3.36. The molecule has 0 bridgehead atoms. The van der Waals surface area contributed by atoms with Crippen LogP contribution >= 0.6 is 11.6 Å². The molecular formula is C17H18ClN3O2. The lowest BCUT2D eigenvalue weighted by molar-refractivity contribution is -0.122. The largest absolute Gasteiger partial charge is 0.324 e. The zero-order chi connectivity index (χ0) is 16.8. The van der Waals surface area contributed by atoms with Crippen LogP contribution in [0.15, 0.2) is 54.6 Å². The number of nitrogens with zero attached hydrogens (tertiary/aromatic N) is 1. The highest BCUT2D eigenvalue weighted by Gasteiger charge is 2.28. The van der Waals surface area contributed by atoms with Crippen LogP contribution in [0.3, 0.4) is 0 Å². The molecule has 23 heavy (non-hydrogen) atoms. The molecule has 5 nitrogen and oxygen atoms in total. The van der Waals surface area contributed by atoms with Gasteiger partial charge in [0, 0.05) is 5.69 Å². The van der Waals surface area contributed by atoms with Gasteiger partial charge in [-0.2, -0.15) is 0 Å². The first-order valence-electron chi connectivity index (χ1n) is 7.17. The van der Waals surface area contributed by atoms with Crippen LogP contribution in [-0.2, 0) is 9.59 Å². The summed E-state index contributed by atoms with van der Waals surface area (Å²) < 4.78 is 0. The van der Waals surface area contributed by atoms with E-state index in [4.69, 9.17) is 17.3 Å². The Bertz CT molecular complexity index is 691. The highest BCUT2D eigenvalue weighted by molar-refractivity contribution is 6.34. The molecular weight excluding hydrogens is 314 g/mol. The Morgan fingerprint density at radius 1 is 1.13 bits per heavy atom. The monoisotopic (exact) mass is 331 g/mol. The van der Waals surface area contributed by atoms with Gasteiger partial charge in [0.2, 0.25) is 11.8 Å². The van der Waals surface area contributed by atoms with Gasteiger partial charge in [0.1, 0.15) is 6.04 Å². The van der Waals surface area contributed by atoms with Crippen molar-refractivity contribution >= 4 is 34.8 Å². The highest BCUT2D eigenvalue weighted by atomic mass is 35.5. The van der Waals surface area contributed by atoms with Gasteiger partial charge in [-0.3, -0.25) is 14.5 Å². The second-order valence-corrected chi connectivity index (χ2v) is 5.36. The fourth-order valence-corrected chi connectivity index (χ4v) is 2.42. The standard InChI is InChI=1S/C17H18ClN3O2/c1-12(17(23)20-13-7-3-2-4-8-13)21(16(22)11-19)15-10-6-5-9-14(15)18/h2-10,12H,11,19H2,1H3,(H,20,23). The zero-order valence-electron chi connectivity index (χ0n) is 12.7. The second kappa shape index (κ2) is 7.76. The number of halogens is 1. The summed E-state index contributed by atoms with van der Waals surface area (Å²) in [5.41, 5.74) is 6.60. The second-order valence-electron chi connectivity index (χ2n) is 4.95. The molecule has 0 fully saturated rings. The maximum atomic E-state index is 12.5.